The highest BCUT2D eigenvalue weighted by Gasteiger charge is 2.30. The zero-order chi connectivity index (χ0) is 69.6. The zero-order valence-electron chi connectivity index (χ0n) is 61.6. The monoisotopic (exact) mass is 1380 g/mol. The molecule has 19 heteroatoms. The van der Waals surface area contributed by atoms with E-state index in [1.54, 1.807) is 0 Å². The molecule has 0 aliphatic rings. The van der Waals surface area contributed by atoms with Crippen molar-refractivity contribution in [1.82, 2.24) is 0 Å². The molecule has 6 atom stereocenters. The summed E-state index contributed by atoms with van der Waals surface area (Å²) in [5.41, 5.74) is 0. The number of esters is 4. The summed E-state index contributed by atoms with van der Waals surface area (Å²) < 4.78 is 68.4. The molecule has 0 fully saturated rings. The first-order valence-electron chi connectivity index (χ1n) is 38.7. The van der Waals surface area contributed by atoms with Crippen LogP contribution in [0.5, 0.6) is 0 Å². The maximum Gasteiger partial charge on any atom is 0.472 e. The Bertz CT molecular complexity index is 1850. The van der Waals surface area contributed by atoms with E-state index in [0.717, 1.165) is 120 Å². The number of aliphatic hydroxyl groups excluding tert-OH is 1. The van der Waals surface area contributed by atoms with Crippen molar-refractivity contribution < 1.29 is 80.2 Å². The zero-order valence-corrected chi connectivity index (χ0v) is 63.4. The topological polar surface area (TPSA) is 237 Å². The lowest BCUT2D eigenvalue weighted by Crippen LogP contribution is -2.30. The molecular weight excluding hydrogens is 1230 g/mol. The minimum absolute atomic E-state index is 0.103. The van der Waals surface area contributed by atoms with Gasteiger partial charge in [0.2, 0.25) is 0 Å². The van der Waals surface area contributed by atoms with Crippen molar-refractivity contribution in [3.63, 3.8) is 0 Å². The standard InChI is InChI=1S/C75H146O17P2/c1-9-68(8)54-46-38-33-34-40-48-56-73(78)86-62-71(92-75(80)58-50-42-32-26-25-29-37-45-53-67(6)7)64-90-94(83,84)88-60-69(76)59-87-93(81,82)89-63-70(91-74(79)57-49-41-31-24-20-22-28-36-44-52-66(4)5)61-85-72(77)55-47-39-30-23-19-17-15-13-11-10-12-14-16-18-21-27-35-43-51-65(2)3/h65-71,76H,9-64H2,1-8H3,(H,81,82)(H,83,84)/t68?,69-,70-,71-/m1/s1. The fourth-order valence-electron chi connectivity index (χ4n) is 11.3. The van der Waals surface area contributed by atoms with Crippen molar-refractivity contribution in [2.24, 2.45) is 23.7 Å². The number of phosphoric acid groups is 2. The summed E-state index contributed by atoms with van der Waals surface area (Å²) in [4.78, 5) is 72.7. The molecule has 0 heterocycles. The molecule has 0 saturated carbocycles. The summed E-state index contributed by atoms with van der Waals surface area (Å²) in [5.74, 6) is 0.882. The third-order valence-electron chi connectivity index (χ3n) is 17.7. The number of unbranched alkanes of at least 4 members (excludes halogenated alkanes) is 37. The van der Waals surface area contributed by atoms with Crippen LogP contribution < -0.4 is 0 Å². The first-order chi connectivity index (χ1) is 45.1. The van der Waals surface area contributed by atoms with Crippen molar-refractivity contribution >= 4 is 39.5 Å². The van der Waals surface area contributed by atoms with E-state index in [1.807, 2.05) is 0 Å². The fraction of sp³-hybridized carbons (Fsp3) is 0.947. The maximum absolute atomic E-state index is 13.1. The lowest BCUT2D eigenvalue weighted by Gasteiger charge is -2.21. The molecule has 0 spiro atoms. The molecule has 0 aliphatic carbocycles. The van der Waals surface area contributed by atoms with Gasteiger partial charge in [-0.25, -0.2) is 9.13 Å². The van der Waals surface area contributed by atoms with E-state index in [4.69, 9.17) is 37.0 Å². The van der Waals surface area contributed by atoms with Gasteiger partial charge in [-0.15, -0.1) is 0 Å². The number of ether oxygens (including phenoxy) is 4. The molecule has 0 radical (unpaired) electrons. The Morgan fingerprint density at radius 3 is 0.755 bits per heavy atom. The number of aliphatic hydroxyl groups is 1. The molecular formula is C75H146O17P2. The normalized spacial score (nSPS) is 14.4. The first kappa shape index (κ1) is 92.1. The van der Waals surface area contributed by atoms with Crippen molar-refractivity contribution in [2.75, 3.05) is 39.6 Å². The summed E-state index contributed by atoms with van der Waals surface area (Å²) in [6.45, 7) is 14.1. The van der Waals surface area contributed by atoms with Crippen molar-refractivity contribution in [2.45, 2.75) is 395 Å². The number of hydrogen-bond acceptors (Lipinski definition) is 15. The second kappa shape index (κ2) is 64.4. The van der Waals surface area contributed by atoms with E-state index in [-0.39, 0.29) is 25.7 Å². The smallest absolute Gasteiger partial charge is 0.462 e. The first-order valence-corrected chi connectivity index (χ1v) is 41.7. The maximum atomic E-state index is 13.1. The van der Waals surface area contributed by atoms with Gasteiger partial charge in [0.25, 0.3) is 0 Å². The third kappa shape index (κ3) is 67.3. The Morgan fingerprint density at radius 2 is 0.511 bits per heavy atom. The summed E-state index contributed by atoms with van der Waals surface area (Å²) in [5, 5.41) is 10.6. The summed E-state index contributed by atoms with van der Waals surface area (Å²) >= 11 is 0. The van der Waals surface area contributed by atoms with Gasteiger partial charge in [-0.2, -0.15) is 0 Å². The van der Waals surface area contributed by atoms with Crippen molar-refractivity contribution in [1.29, 1.82) is 0 Å². The lowest BCUT2D eigenvalue weighted by molar-refractivity contribution is -0.161. The van der Waals surface area contributed by atoms with Crippen LogP contribution in [0, 0.1) is 23.7 Å². The molecule has 3 N–H and O–H groups in total. The summed E-state index contributed by atoms with van der Waals surface area (Å²) in [6.07, 6.45) is 48.8. The van der Waals surface area contributed by atoms with Gasteiger partial charge in [0, 0.05) is 25.7 Å². The van der Waals surface area contributed by atoms with Gasteiger partial charge in [0.05, 0.1) is 26.4 Å². The number of carbonyl (C=O) groups is 4. The van der Waals surface area contributed by atoms with Crippen molar-refractivity contribution in [3.05, 3.63) is 0 Å². The molecule has 94 heavy (non-hydrogen) atoms. The molecule has 558 valence electrons. The molecule has 0 aromatic heterocycles. The highest BCUT2D eigenvalue weighted by atomic mass is 31.2. The molecule has 0 aromatic carbocycles. The quantitative estimate of drug-likeness (QED) is 0.0222. The highest BCUT2D eigenvalue weighted by molar-refractivity contribution is 7.47. The second-order valence-corrected chi connectivity index (χ2v) is 31.6. The van der Waals surface area contributed by atoms with E-state index >= 15 is 0 Å². The summed E-state index contributed by atoms with van der Waals surface area (Å²) in [7, 11) is -9.91. The Morgan fingerprint density at radius 1 is 0.298 bits per heavy atom. The molecule has 0 rings (SSSR count). The molecule has 0 saturated heterocycles. The Labute approximate surface area is 575 Å². The SMILES string of the molecule is CCC(C)CCCCCCCCC(=O)OC[C@H](COP(=O)(O)OC[C@H](O)COP(=O)(O)OC[C@@H](COC(=O)CCCCCCCCCCCCCCCCCCCCC(C)C)OC(=O)CCCCCCCCCCCC(C)C)OC(=O)CCCCCCCCCCC(C)C. The van der Waals surface area contributed by atoms with Gasteiger partial charge in [0.1, 0.15) is 19.3 Å². The van der Waals surface area contributed by atoms with E-state index in [1.165, 1.54) is 173 Å². The molecule has 0 aliphatic heterocycles. The Balaban J connectivity index is 5.17. The van der Waals surface area contributed by atoms with Crippen LogP contribution in [-0.4, -0.2) is 96.7 Å². The summed E-state index contributed by atoms with van der Waals surface area (Å²) in [6, 6.07) is 0. The third-order valence-corrected chi connectivity index (χ3v) is 19.6. The number of phosphoric ester groups is 2. The van der Waals surface area contributed by atoms with Crippen LogP contribution in [0.4, 0.5) is 0 Å². The van der Waals surface area contributed by atoms with Crippen LogP contribution in [0.2, 0.25) is 0 Å². The van der Waals surface area contributed by atoms with E-state index < -0.39 is 97.5 Å². The molecule has 0 amide bonds. The number of carbonyl (C=O) groups excluding carboxylic acids is 4. The minimum Gasteiger partial charge on any atom is -0.462 e. The van der Waals surface area contributed by atoms with E-state index in [2.05, 4.69) is 55.4 Å². The predicted molar refractivity (Wildman–Crippen MR) is 381 cm³/mol. The fourth-order valence-corrected chi connectivity index (χ4v) is 12.9. The van der Waals surface area contributed by atoms with Crippen LogP contribution in [0.1, 0.15) is 376 Å². The highest BCUT2D eigenvalue weighted by Crippen LogP contribution is 2.45. The van der Waals surface area contributed by atoms with Gasteiger partial charge in [-0.1, -0.05) is 325 Å². The van der Waals surface area contributed by atoms with Gasteiger partial charge in [-0.3, -0.25) is 37.3 Å². The van der Waals surface area contributed by atoms with Gasteiger partial charge >= 0.3 is 39.5 Å². The molecule has 0 aromatic rings. The molecule has 3 unspecified atom stereocenters. The molecule has 17 nitrogen and oxygen atoms in total. The molecule has 0 bridgehead atoms. The van der Waals surface area contributed by atoms with Crippen LogP contribution in [0.25, 0.3) is 0 Å². The van der Waals surface area contributed by atoms with Gasteiger partial charge in [-0.05, 0) is 49.4 Å². The van der Waals surface area contributed by atoms with Crippen LogP contribution in [-0.2, 0) is 65.4 Å². The van der Waals surface area contributed by atoms with Crippen LogP contribution in [0.3, 0.4) is 0 Å². The minimum atomic E-state index is -4.96. The average Bonchev–Trinajstić information content (AvgIpc) is 1.20. The van der Waals surface area contributed by atoms with Crippen LogP contribution in [0.15, 0.2) is 0 Å². The largest absolute Gasteiger partial charge is 0.472 e. The second-order valence-electron chi connectivity index (χ2n) is 28.7. The average molecular weight is 1380 g/mol. The van der Waals surface area contributed by atoms with Gasteiger partial charge < -0.3 is 33.8 Å². The lowest BCUT2D eigenvalue weighted by atomic mass is 10.00. The van der Waals surface area contributed by atoms with E-state index in [9.17, 15) is 43.2 Å². The van der Waals surface area contributed by atoms with Gasteiger partial charge in [0.15, 0.2) is 12.2 Å². The number of rotatable bonds is 72. The predicted octanol–water partition coefficient (Wildman–Crippen LogP) is 21.7. The number of hydrogen-bond donors (Lipinski definition) is 3. The Kier molecular flexibility index (Phi) is 63.1. The van der Waals surface area contributed by atoms with Crippen LogP contribution >= 0.6 is 15.6 Å². The Hall–Kier alpha value is -1.94. The van der Waals surface area contributed by atoms with E-state index in [0.29, 0.717) is 25.7 Å². The van der Waals surface area contributed by atoms with Crippen molar-refractivity contribution in [3.8, 4) is 0 Å².